The van der Waals surface area contributed by atoms with Crippen LogP contribution in [0.2, 0.25) is 0 Å². The third kappa shape index (κ3) is 4.67. The van der Waals surface area contributed by atoms with Gasteiger partial charge < -0.3 is 0 Å². The van der Waals surface area contributed by atoms with Gasteiger partial charge in [0.25, 0.3) is 20.0 Å². The molecule has 5 rings (SSSR count). The highest BCUT2D eigenvalue weighted by molar-refractivity contribution is 7.93. The first kappa shape index (κ1) is 23.1. The van der Waals surface area contributed by atoms with Crippen molar-refractivity contribution in [2.24, 2.45) is 0 Å². The summed E-state index contributed by atoms with van der Waals surface area (Å²) in [6, 6.07) is 24.3. The highest BCUT2D eigenvalue weighted by atomic mass is 32.2. The molecule has 0 saturated heterocycles. The number of anilines is 2. The highest BCUT2D eigenvalue weighted by Gasteiger charge is 2.25. The second-order valence-electron chi connectivity index (χ2n) is 8.76. The van der Waals surface area contributed by atoms with Gasteiger partial charge in [0.1, 0.15) is 0 Å². The summed E-state index contributed by atoms with van der Waals surface area (Å²) >= 11 is 0. The summed E-state index contributed by atoms with van der Waals surface area (Å²) in [6.45, 7) is 3.87. The zero-order valence-electron chi connectivity index (χ0n) is 19.2. The Bertz CT molecular complexity index is 1520. The van der Waals surface area contributed by atoms with Crippen molar-refractivity contribution in [2.75, 3.05) is 9.44 Å². The van der Waals surface area contributed by atoms with Crippen LogP contribution in [-0.2, 0) is 26.5 Å². The second-order valence-corrected chi connectivity index (χ2v) is 12.1. The first-order chi connectivity index (χ1) is 16.6. The first-order valence-corrected chi connectivity index (χ1v) is 14.0. The van der Waals surface area contributed by atoms with Gasteiger partial charge in [-0.25, -0.2) is 16.8 Å². The van der Waals surface area contributed by atoms with E-state index in [9.17, 15) is 16.8 Å². The normalized spacial score (nSPS) is 12.6. The van der Waals surface area contributed by atoms with E-state index in [4.69, 9.17) is 0 Å². The summed E-state index contributed by atoms with van der Waals surface area (Å²) in [5.41, 5.74) is 6.57. The highest BCUT2D eigenvalue weighted by Crippen LogP contribution is 2.39. The molecular formula is C27H24N2O4S2. The lowest BCUT2D eigenvalue weighted by Crippen LogP contribution is -2.13. The minimum Gasteiger partial charge on any atom is -0.280 e. The van der Waals surface area contributed by atoms with Crippen LogP contribution in [0, 0.1) is 13.8 Å². The lowest BCUT2D eigenvalue weighted by Gasteiger charge is -2.10. The Kier molecular flexibility index (Phi) is 5.65. The van der Waals surface area contributed by atoms with Gasteiger partial charge >= 0.3 is 0 Å². The van der Waals surface area contributed by atoms with Crippen molar-refractivity contribution < 1.29 is 16.8 Å². The summed E-state index contributed by atoms with van der Waals surface area (Å²) in [6.07, 6.45) is 0.451. The fraction of sp³-hybridized carbons (Fsp3) is 0.111. The van der Waals surface area contributed by atoms with Crippen molar-refractivity contribution in [3.8, 4) is 11.1 Å². The molecule has 0 atom stereocenters. The minimum atomic E-state index is -3.76. The number of hydrogen-bond donors (Lipinski definition) is 2. The first-order valence-electron chi connectivity index (χ1n) is 11.1. The van der Waals surface area contributed by atoms with Crippen LogP contribution in [0.3, 0.4) is 0 Å². The number of rotatable bonds is 6. The van der Waals surface area contributed by atoms with E-state index in [0.29, 0.717) is 17.8 Å². The fourth-order valence-electron chi connectivity index (χ4n) is 4.17. The molecule has 4 aromatic carbocycles. The van der Waals surface area contributed by atoms with Gasteiger partial charge in [-0.3, -0.25) is 9.44 Å². The summed E-state index contributed by atoms with van der Waals surface area (Å²) in [5.74, 6) is 0. The molecule has 4 aromatic rings. The molecular weight excluding hydrogens is 480 g/mol. The van der Waals surface area contributed by atoms with E-state index in [2.05, 4.69) is 9.44 Å². The number of hydrogen-bond acceptors (Lipinski definition) is 4. The number of benzene rings is 4. The van der Waals surface area contributed by atoms with Crippen LogP contribution < -0.4 is 9.44 Å². The molecule has 0 heterocycles. The van der Waals surface area contributed by atoms with Crippen LogP contribution in [-0.4, -0.2) is 16.8 Å². The van der Waals surface area contributed by atoms with Crippen LogP contribution >= 0.6 is 0 Å². The molecule has 0 aliphatic heterocycles. The SMILES string of the molecule is Cc1ccc(NS(=O)(=O)c2ccc3c(c2)Cc2cc(S(=O)(=O)Nc4ccc(C)cc4)ccc2-3)cc1. The molecule has 1 aliphatic rings. The van der Waals surface area contributed by atoms with Gasteiger partial charge in [0, 0.05) is 11.4 Å². The Morgan fingerprint density at radius 2 is 0.914 bits per heavy atom. The maximum absolute atomic E-state index is 12.9. The maximum Gasteiger partial charge on any atom is 0.261 e. The van der Waals surface area contributed by atoms with E-state index in [1.54, 1.807) is 60.7 Å². The average Bonchev–Trinajstić information content (AvgIpc) is 3.19. The maximum atomic E-state index is 12.9. The third-order valence-corrected chi connectivity index (χ3v) is 8.81. The largest absolute Gasteiger partial charge is 0.280 e. The second kappa shape index (κ2) is 8.55. The van der Waals surface area contributed by atoms with E-state index in [1.807, 2.05) is 38.1 Å². The number of nitrogens with one attached hydrogen (secondary N) is 2. The van der Waals surface area contributed by atoms with Gasteiger partial charge in [-0.05, 0) is 91.1 Å². The standard InChI is InChI=1S/C27H24N2O4S2/c1-18-3-7-22(8-4-18)28-34(30,31)24-11-13-26-20(16-24)15-21-17-25(12-14-27(21)26)35(32,33)29-23-9-5-19(2)6-10-23/h3-14,16-17,28-29H,15H2,1-2H3. The van der Waals surface area contributed by atoms with Gasteiger partial charge in [-0.2, -0.15) is 0 Å². The molecule has 0 fully saturated rings. The third-order valence-electron chi connectivity index (χ3n) is 6.05. The van der Waals surface area contributed by atoms with E-state index >= 15 is 0 Å². The summed E-state index contributed by atoms with van der Waals surface area (Å²) in [7, 11) is -7.52. The number of sulfonamides is 2. The van der Waals surface area contributed by atoms with Crippen LogP contribution in [0.4, 0.5) is 11.4 Å². The minimum absolute atomic E-state index is 0.165. The molecule has 6 nitrogen and oxygen atoms in total. The van der Waals surface area contributed by atoms with Gasteiger partial charge in [0.05, 0.1) is 9.79 Å². The molecule has 0 unspecified atom stereocenters. The topological polar surface area (TPSA) is 92.3 Å². The molecule has 8 heteroatoms. The summed E-state index contributed by atoms with van der Waals surface area (Å²) in [5, 5.41) is 0. The lowest BCUT2D eigenvalue weighted by molar-refractivity contribution is 0.599. The molecule has 1 aliphatic carbocycles. The Morgan fingerprint density at radius 1 is 0.543 bits per heavy atom. The Labute approximate surface area is 205 Å². The molecule has 35 heavy (non-hydrogen) atoms. The quantitative estimate of drug-likeness (QED) is 0.320. The molecule has 0 saturated carbocycles. The van der Waals surface area contributed by atoms with Crippen LogP contribution in [0.1, 0.15) is 22.3 Å². The van der Waals surface area contributed by atoms with Crippen molar-refractivity contribution in [1.82, 2.24) is 0 Å². The van der Waals surface area contributed by atoms with E-state index in [1.165, 1.54) is 0 Å². The van der Waals surface area contributed by atoms with Crippen molar-refractivity contribution in [1.29, 1.82) is 0 Å². The molecule has 0 spiro atoms. The molecule has 178 valence electrons. The van der Waals surface area contributed by atoms with Gasteiger partial charge in [0.2, 0.25) is 0 Å². The van der Waals surface area contributed by atoms with Crippen LogP contribution in [0.15, 0.2) is 94.7 Å². The molecule has 0 aromatic heterocycles. The van der Waals surface area contributed by atoms with Crippen LogP contribution in [0.5, 0.6) is 0 Å². The fourth-order valence-corrected chi connectivity index (χ4v) is 6.39. The van der Waals surface area contributed by atoms with E-state index in [-0.39, 0.29) is 9.79 Å². The van der Waals surface area contributed by atoms with Gasteiger partial charge in [-0.1, -0.05) is 47.5 Å². The Hall–Kier alpha value is -3.62. The monoisotopic (exact) mass is 504 g/mol. The molecule has 0 amide bonds. The summed E-state index contributed by atoms with van der Waals surface area (Å²) < 4.78 is 57.0. The Morgan fingerprint density at radius 3 is 1.29 bits per heavy atom. The van der Waals surface area contributed by atoms with Crippen molar-refractivity contribution in [3.05, 3.63) is 107 Å². The van der Waals surface area contributed by atoms with E-state index in [0.717, 1.165) is 33.4 Å². The zero-order chi connectivity index (χ0) is 24.8. The smallest absolute Gasteiger partial charge is 0.261 e. The van der Waals surface area contributed by atoms with Gasteiger partial charge in [0.15, 0.2) is 0 Å². The lowest BCUT2D eigenvalue weighted by atomic mass is 10.1. The number of aryl methyl sites for hydroxylation is 2. The molecule has 0 bridgehead atoms. The zero-order valence-corrected chi connectivity index (χ0v) is 20.9. The van der Waals surface area contributed by atoms with Crippen LogP contribution in [0.25, 0.3) is 11.1 Å². The molecule has 0 radical (unpaired) electrons. The molecule has 2 N–H and O–H groups in total. The predicted octanol–water partition coefficient (Wildman–Crippen LogP) is 5.48. The number of fused-ring (bicyclic) bond motifs is 3. The van der Waals surface area contributed by atoms with E-state index < -0.39 is 20.0 Å². The average molecular weight is 505 g/mol. The van der Waals surface area contributed by atoms with Crippen molar-refractivity contribution >= 4 is 31.4 Å². The van der Waals surface area contributed by atoms with Crippen molar-refractivity contribution in [2.45, 2.75) is 30.1 Å². The van der Waals surface area contributed by atoms with Gasteiger partial charge in [-0.15, -0.1) is 0 Å². The van der Waals surface area contributed by atoms with Crippen molar-refractivity contribution in [3.63, 3.8) is 0 Å². The predicted molar refractivity (Wildman–Crippen MR) is 139 cm³/mol. The summed E-state index contributed by atoms with van der Waals surface area (Å²) in [4.78, 5) is 0.331. The Balaban J connectivity index is 1.40.